The van der Waals surface area contributed by atoms with E-state index in [-0.39, 0.29) is 5.91 Å². The van der Waals surface area contributed by atoms with Crippen molar-refractivity contribution in [1.29, 1.82) is 0 Å². The molecule has 3 aromatic rings. The van der Waals surface area contributed by atoms with Crippen LogP contribution in [0.3, 0.4) is 0 Å². The third-order valence-electron chi connectivity index (χ3n) is 3.94. The summed E-state index contributed by atoms with van der Waals surface area (Å²) in [7, 11) is 3.95. The first kappa shape index (κ1) is 17.5. The van der Waals surface area contributed by atoms with Crippen molar-refractivity contribution in [2.24, 2.45) is 0 Å². The van der Waals surface area contributed by atoms with E-state index in [0.717, 1.165) is 22.7 Å². The van der Waals surface area contributed by atoms with Gasteiger partial charge in [0.1, 0.15) is 5.69 Å². The number of nitrogens with one attached hydrogen (secondary N) is 2. The Balaban J connectivity index is 1.65. The standard InChI is InChI=1S/C21H22N4O/c1-15-5-4-6-17(13-15)23-18-9-12-20(22-14-18)21(26)24-16-7-10-19(11-8-16)25(2)3/h4-14,23H,1-3H3,(H,24,26). The van der Waals surface area contributed by atoms with Gasteiger partial charge in [-0.2, -0.15) is 0 Å². The zero-order valence-electron chi connectivity index (χ0n) is 15.2. The first-order valence-corrected chi connectivity index (χ1v) is 8.40. The van der Waals surface area contributed by atoms with E-state index in [1.807, 2.05) is 74.4 Å². The van der Waals surface area contributed by atoms with Gasteiger partial charge in [-0.15, -0.1) is 0 Å². The van der Waals surface area contributed by atoms with Crippen LogP contribution in [0.4, 0.5) is 22.7 Å². The van der Waals surface area contributed by atoms with Crippen LogP contribution in [0, 0.1) is 6.92 Å². The predicted molar refractivity (Wildman–Crippen MR) is 107 cm³/mol. The molecule has 2 N–H and O–H groups in total. The van der Waals surface area contributed by atoms with Crippen molar-refractivity contribution >= 4 is 28.7 Å². The Labute approximate surface area is 153 Å². The van der Waals surface area contributed by atoms with E-state index in [2.05, 4.69) is 21.7 Å². The minimum atomic E-state index is -0.232. The van der Waals surface area contributed by atoms with E-state index >= 15 is 0 Å². The monoisotopic (exact) mass is 346 g/mol. The zero-order chi connectivity index (χ0) is 18.5. The minimum Gasteiger partial charge on any atom is -0.378 e. The van der Waals surface area contributed by atoms with E-state index in [1.54, 1.807) is 12.3 Å². The summed E-state index contributed by atoms with van der Waals surface area (Å²) < 4.78 is 0. The summed E-state index contributed by atoms with van der Waals surface area (Å²) in [5.41, 5.74) is 5.19. The largest absolute Gasteiger partial charge is 0.378 e. The Morgan fingerprint density at radius 2 is 1.65 bits per heavy atom. The first-order valence-electron chi connectivity index (χ1n) is 8.40. The molecular weight excluding hydrogens is 324 g/mol. The molecule has 0 spiro atoms. The second-order valence-corrected chi connectivity index (χ2v) is 6.32. The van der Waals surface area contributed by atoms with Gasteiger partial charge in [0.2, 0.25) is 0 Å². The van der Waals surface area contributed by atoms with Gasteiger partial charge in [0.05, 0.1) is 11.9 Å². The lowest BCUT2D eigenvalue weighted by molar-refractivity contribution is 0.102. The molecule has 1 amide bonds. The predicted octanol–water partition coefficient (Wildman–Crippen LogP) is 4.45. The second kappa shape index (κ2) is 7.70. The number of amides is 1. The Kier molecular flexibility index (Phi) is 5.17. The number of aromatic nitrogens is 1. The first-order chi connectivity index (χ1) is 12.5. The van der Waals surface area contributed by atoms with E-state index < -0.39 is 0 Å². The number of carbonyl (C=O) groups is 1. The Morgan fingerprint density at radius 3 is 2.27 bits per heavy atom. The van der Waals surface area contributed by atoms with Crippen LogP contribution in [0.15, 0.2) is 66.9 Å². The van der Waals surface area contributed by atoms with Gasteiger partial charge in [0, 0.05) is 31.2 Å². The van der Waals surface area contributed by atoms with Crippen molar-refractivity contribution in [3.8, 4) is 0 Å². The van der Waals surface area contributed by atoms with Crippen molar-refractivity contribution in [2.75, 3.05) is 29.6 Å². The van der Waals surface area contributed by atoms with Crippen LogP contribution in [0.25, 0.3) is 0 Å². The van der Waals surface area contributed by atoms with Crippen molar-refractivity contribution in [3.63, 3.8) is 0 Å². The average molecular weight is 346 g/mol. The molecule has 132 valence electrons. The number of carbonyl (C=O) groups excluding carboxylic acids is 1. The van der Waals surface area contributed by atoms with Gasteiger partial charge in [-0.05, 0) is 61.0 Å². The number of anilines is 4. The summed E-state index contributed by atoms with van der Waals surface area (Å²) in [6.45, 7) is 2.04. The Morgan fingerprint density at radius 1 is 0.923 bits per heavy atom. The lowest BCUT2D eigenvalue weighted by Crippen LogP contribution is -2.14. The summed E-state index contributed by atoms with van der Waals surface area (Å²) in [4.78, 5) is 18.6. The van der Waals surface area contributed by atoms with Crippen molar-refractivity contribution in [3.05, 3.63) is 78.1 Å². The normalized spacial score (nSPS) is 10.3. The second-order valence-electron chi connectivity index (χ2n) is 6.32. The third-order valence-corrected chi connectivity index (χ3v) is 3.94. The molecular formula is C21H22N4O. The molecule has 0 fully saturated rings. The highest BCUT2D eigenvalue weighted by atomic mass is 16.1. The van der Waals surface area contributed by atoms with Gasteiger partial charge in [0.25, 0.3) is 5.91 Å². The molecule has 3 rings (SSSR count). The number of aryl methyl sites for hydroxylation is 1. The van der Waals surface area contributed by atoms with E-state index in [4.69, 9.17) is 0 Å². The minimum absolute atomic E-state index is 0.232. The SMILES string of the molecule is Cc1cccc(Nc2ccc(C(=O)Nc3ccc(N(C)C)cc3)nc2)c1. The molecule has 5 nitrogen and oxygen atoms in total. The molecule has 1 heterocycles. The molecule has 0 aliphatic carbocycles. The highest BCUT2D eigenvalue weighted by Crippen LogP contribution is 2.18. The van der Waals surface area contributed by atoms with Crippen LogP contribution < -0.4 is 15.5 Å². The number of benzene rings is 2. The highest BCUT2D eigenvalue weighted by Gasteiger charge is 2.08. The lowest BCUT2D eigenvalue weighted by atomic mass is 10.2. The maximum absolute atomic E-state index is 12.3. The molecule has 2 aromatic carbocycles. The topological polar surface area (TPSA) is 57.3 Å². The molecule has 1 aromatic heterocycles. The maximum Gasteiger partial charge on any atom is 0.274 e. The van der Waals surface area contributed by atoms with Gasteiger partial charge in [-0.25, -0.2) is 4.98 Å². The van der Waals surface area contributed by atoms with Gasteiger partial charge < -0.3 is 15.5 Å². The molecule has 0 saturated carbocycles. The molecule has 0 saturated heterocycles. The number of pyridine rings is 1. The molecule has 26 heavy (non-hydrogen) atoms. The van der Waals surface area contributed by atoms with Gasteiger partial charge in [-0.3, -0.25) is 4.79 Å². The molecule has 0 aliphatic rings. The van der Waals surface area contributed by atoms with Crippen LogP contribution in [0.2, 0.25) is 0 Å². The van der Waals surface area contributed by atoms with E-state index in [1.165, 1.54) is 5.56 Å². The molecule has 5 heteroatoms. The van der Waals surface area contributed by atoms with Gasteiger partial charge in [0.15, 0.2) is 0 Å². The zero-order valence-corrected chi connectivity index (χ0v) is 15.2. The van der Waals surface area contributed by atoms with Gasteiger partial charge in [-0.1, -0.05) is 12.1 Å². The van der Waals surface area contributed by atoms with E-state index in [9.17, 15) is 4.79 Å². The molecule has 0 radical (unpaired) electrons. The Hall–Kier alpha value is -3.34. The highest BCUT2D eigenvalue weighted by molar-refractivity contribution is 6.03. The van der Waals surface area contributed by atoms with Crippen LogP contribution in [-0.4, -0.2) is 25.0 Å². The molecule has 0 bridgehead atoms. The molecule has 0 aliphatic heterocycles. The fourth-order valence-corrected chi connectivity index (χ4v) is 2.53. The third kappa shape index (κ3) is 4.39. The van der Waals surface area contributed by atoms with Crippen molar-refractivity contribution in [1.82, 2.24) is 4.98 Å². The number of hydrogen-bond donors (Lipinski definition) is 2. The summed E-state index contributed by atoms with van der Waals surface area (Å²) in [5, 5.41) is 6.14. The molecule has 0 atom stereocenters. The van der Waals surface area contributed by atoms with Crippen LogP contribution in [0.1, 0.15) is 16.1 Å². The van der Waals surface area contributed by atoms with Gasteiger partial charge >= 0.3 is 0 Å². The lowest BCUT2D eigenvalue weighted by Gasteiger charge is -2.13. The number of nitrogens with zero attached hydrogens (tertiary/aromatic N) is 2. The van der Waals surface area contributed by atoms with Crippen LogP contribution in [0.5, 0.6) is 0 Å². The number of rotatable bonds is 5. The average Bonchev–Trinajstić information content (AvgIpc) is 2.63. The van der Waals surface area contributed by atoms with Crippen molar-refractivity contribution in [2.45, 2.75) is 6.92 Å². The van der Waals surface area contributed by atoms with E-state index in [0.29, 0.717) is 5.69 Å². The fourth-order valence-electron chi connectivity index (χ4n) is 2.53. The quantitative estimate of drug-likeness (QED) is 0.716. The summed E-state index contributed by atoms with van der Waals surface area (Å²) >= 11 is 0. The van der Waals surface area contributed by atoms with Crippen LogP contribution in [-0.2, 0) is 0 Å². The number of hydrogen-bond acceptors (Lipinski definition) is 4. The van der Waals surface area contributed by atoms with Crippen LogP contribution >= 0.6 is 0 Å². The summed E-state index contributed by atoms with van der Waals surface area (Å²) in [6, 6.07) is 19.3. The molecule has 0 unspecified atom stereocenters. The van der Waals surface area contributed by atoms with Crippen molar-refractivity contribution < 1.29 is 4.79 Å². The maximum atomic E-state index is 12.3. The summed E-state index contributed by atoms with van der Waals surface area (Å²) in [6.07, 6.45) is 1.66. The Bertz CT molecular complexity index is 887. The smallest absolute Gasteiger partial charge is 0.274 e. The summed E-state index contributed by atoms with van der Waals surface area (Å²) in [5.74, 6) is -0.232. The fraction of sp³-hybridized carbons (Fsp3) is 0.143.